The van der Waals surface area contributed by atoms with Crippen LogP contribution in [0.1, 0.15) is 62.6 Å². The molecule has 0 bridgehead atoms. The lowest BCUT2D eigenvalue weighted by Crippen LogP contribution is -2.40. The van der Waals surface area contributed by atoms with E-state index in [4.69, 9.17) is 4.52 Å². The topological polar surface area (TPSA) is 80.0 Å². The van der Waals surface area contributed by atoms with E-state index in [2.05, 4.69) is 20.8 Å². The van der Waals surface area contributed by atoms with Gasteiger partial charge in [-0.05, 0) is 70.4 Å². The summed E-state index contributed by atoms with van der Waals surface area (Å²) in [5.41, 5.74) is 0.327. The Kier molecular flexibility index (Phi) is 5.16. The van der Waals surface area contributed by atoms with E-state index in [1.807, 2.05) is 6.92 Å². The maximum Gasteiger partial charge on any atom is 0.229 e. The number of halogens is 1. The van der Waals surface area contributed by atoms with Gasteiger partial charge in [0.05, 0.1) is 0 Å². The van der Waals surface area contributed by atoms with Crippen LogP contribution in [-0.4, -0.2) is 35.2 Å². The molecule has 1 saturated heterocycles. The second kappa shape index (κ2) is 7.00. The number of carbonyl (C=O) groups is 1. The Morgan fingerprint density at radius 1 is 1.25 bits per heavy atom. The van der Waals surface area contributed by atoms with Gasteiger partial charge in [0.1, 0.15) is 0 Å². The standard InChI is InChI=1S/C17H26N4O2.ClH/c1-11-19-16(23-21-11)12-2-4-13(5-3-12)20-15(22)14-10-17(14)6-8-18-9-7-17;/h12-14,18H,2-10H2,1H3,(H,20,22);1H. The van der Waals surface area contributed by atoms with Gasteiger partial charge in [0, 0.05) is 17.9 Å². The van der Waals surface area contributed by atoms with Crippen molar-refractivity contribution in [2.45, 2.75) is 63.8 Å². The summed E-state index contributed by atoms with van der Waals surface area (Å²) in [5.74, 6) is 2.39. The maximum absolute atomic E-state index is 12.5. The Bertz CT molecular complexity index is 577. The van der Waals surface area contributed by atoms with Gasteiger partial charge < -0.3 is 15.2 Å². The van der Waals surface area contributed by atoms with E-state index in [0.29, 0.717) is 29.1 Å². The quantitative estimate of drug-likeness (QED) is 0.870. The summed E-state index contributed by atoms with van der Waals surface area (Å²) in [7, 11) is 0. The van der Waals surface area contributed by atoms with E-state index in [0.717, 1.165) is 63.9 Å². The average molecular weight is 355 g/mol. The van der Waals surface area contributed by atoms with Crippen LogP contribution >= 0.6 is 12.4 Å². The summed E-state index contributed by atoms with van der Waals surface area (Å²) in [4.78, 5) is 16.9. The van der Waals surface area contributed by atoms with Crippen molar-refractivity contribution in [1.82, 2.24) is 20.8 Å². The number of hydrogen-bond donors (Lipinski definition) is 2. The molecule has 1 unspecified atom stereocenters. The third-order valence-corrected chi connectivity index (χ3v) is 6.07. The smallest absolute Gasteiger partial charge is 0.229 e. The molecule has 2 heterocycles. The number of amides is 1. The van der Waals surface area contributed by atoms with Crippen LogP contribution in [0.15, 0.2) is 4.52 Å². The van der Waals surface area contributed by atoms with E-state index in [9.17, 15) is 4.79 Å². The second-order valence-electron chi connectivity index (χ2n) is 7.61. The Morgan fingerprint density at radius 3 is 2.58 bits per heavy atom. The SMILES string of the molecule is Cc1noc(C2CCC(NC(=O)C3CC34CCNCC4)CC2)n1.Cl. The molecule has 1 aliphatic heterocycles. The molecule has 1 aromatic heterocycles. The summed E-state index contributed by atoms with van der Waals surface area (Å²) in [6, 6.07) is 0.321. The molecule has 4 rings (SSSR count). The van der Waals surface area contributed by atoms with Gasteiger partial charge in [0.25, 0.3) is 0 Å². The van der Waals surface area contributed by atoms with Crippen molar-refractivity contribution >= 4 is 18.3 Å². The maximum atomic E-state index is 12.5. The number of nitrogens with zero attached hydrogens (tertiary/aromatic N) is 2. The van der Waals surface area contributed by atoms with Gasteiger partial charge in [-0.25, -0.2) is 0 Å². The summed E-state index contributed by atoms with van der Waals surface area (Å²) in [6.45, 7) is 3.99. The lowest BCUT2D eigenvalue weighted by Gasteiger charge is -2.28. The fraction of sp³-hybridized carbons (Fsp3) is 0.824. The highest BCUT2D eigenvalue weighted by Gasteiger charge is 2.57. The molecule has 3 fully saturated rings. The molecule has 3 aliphatic rings. The highest BCUT2D eigenvalue weighted by Crippen LogP contribution is 2.58. The Labute approximate surface area is 148 Å². The number of carbonyl (C=O) groups excluding carboxylic acids is 1. The first-order valence-corrected chi connectivity index (χ1v) is 8.98. The molecule has 24 heavy (non-hydrogen) atoms. The number of aromatic nitrogens is 2. The van der Waals surface area contributed by atoms with Crippen LogP contribution in [0.3, 0.4) is 0 Å². The van der Waals surface area contributed by atoms with Crippen LogP contribution in [0.2, 0.25) is 0 Å². The van der Waals surface area contributed by atoms with Crippen molar-refractivity contribution < 1.29 is 9.32 Å². The highest BCUT2D eigenvalue weighted by molar-refractivity contribution is 5.85. The van der Waals surface area contributed by atoms with Crippen molar-refractivity contribution in [3.63, 3.8) is 0 Å². The molecule has 7 heteroatoms. The van der Waals surface area contributed by atoms with Crippen LogP contribution in [0.5, 0.6) is 0 Å². The predicted octanol–water partition coefficient (Wildman–Crippen LogP) is 2.33. The van der Waals surface area contributed by atoms with Gasteiger partial charge in [-0.3, -0.25) is 4.79 Å². The molecule has 2 aliphatic carbocycles. The minimum Gasteiger partial charge on any atom is -0.353 e. The van der Waals surface area contributed by atoms with Crippen LogP contribution in [0, 0.1) is 18.3 Å². The van der Waals surface area contributed by atoms with E-state index in [1.165, 1.54) is 0 Å². The fourth-order valence-electron chi connectivity index (χ4n) is 4.46. The minimum atomic E-state index is 0. The number of aryl methyl sites for hydroxylation is 1. The molecule has 2 N–H and O–H groups in total. The molecule has 1 aromatic rings. The average Bonchev–Trinajstić information content (AvgIpc) is 3.07. The molecule has 1 spiro atoms. The first-order chi connectivity index (χ1) is 11.2. The van der Waals surface area contributed by atoms with E-state index >= 15 is 0 Å². The summed E-state index contributed by atoms with van der Waals surface area (Å²) >= 11 is 0. The van der Waals surface area contributed by atoms with Gasteiger partial charge in [-0.1, -0.05) is 5.16 Å². The largest absolute Gasteiger partial charge is 0.353 e. The number of rotatable bonds is 3. The molecule has 0 aromatic carbocycles. The van der Waals surface area contributed by atoms with Crippen LogP contribution in [0.4, 0.5) is 0 Å². The van der Waals surface area contributed by atoms with Gasteiger partial charge in [0.15, 0.2) is 5.82 Å². The third kappa shape index (κ3) is 3.45. The number of hydrogen-bond acceptors (Lipinski definition) is 5. The molecular formula is C17H27ClN4O2. The monoisotopic (exact) mass is 354 g/mol. The molecule has 134 valence electrons. The molecule has 1 atom stereocenters. The van der Waals surface area contributed by atoms with E-state index < -0.39 is 0 Å². The number of nitrogens with one attached hydrogen (secondary N) is 2. The van der Waals surface area contributed by atoms with Crippen molar-refractivity contribution in [2.75, 3.05) is 13.1 Å². The molecular weight excluding hydrogens is 328 g/mol. The molecule has 2 saturated carbocycles. The third-order valence-electron chi connectivity index (χ3n) is 6.07. The lowest BCUT2D eigenvalue weighted by molar-refractivity contribution is -0.124. The first kappa shape index (κ1) is 17.7. The molecule has 0 radical (unpaired) electrons. The zero-order valence-corrected chi connectivity index (χ0v) is 15.0. The van der Waals surface area contributed by atoms with Crippen molar-refractivity contribution in [1.29, 1.82) is 0 Å². The van der Waals surface area contributed by atoms with Gasteiger partial charge >= 0.3 is 0 Å². The normalized spacial score (nSPS) is 31.3. The summed E-state index contributed by atoms with van der Waals surface area (Å²) < 4.78 is 5.29. The second-order valence-corrected chi connectivity index (χ2v) is 7.61. The highest BCUT2D eigenvalue weighted by atomic mass is 35.5. The van der Waals surface area contributed by atoms with Crippen molar-refractivity contribution in [3.8, 4) is 0 Å². The van der Waals surface area contributed by atoms with Crippen molar-refractivity contribution in [2.24, 2.45) is 11.3 Å². The number of piperidine rings is 1. The molecule has 6 nitrogen and oxygen atoms in total. The zero-order chi connectivity index (χ0) is 15.9. The summed E-state index contributed by atoms with van der Waals surface area (Å²) in [6.07, 6.45) is 7.48. The van der Waals surface area contributed by atoms with Crippen LogP contribution < -0.4 is 10.6 Å². The minimum absolute atomic E-state index is 0. The van der Waals surface area contributed by atoms with Gasteiger partial charge in [-0.2, -0.15) is 4.98 Å². The fourth-order valence-corrected chi connectivity index (χ4v) is 4.46. The Balaban J connectivity index is 0.00000169. The van der Waals surface area contributed by atoms with Crippen LogP contribution in [0.25, 0.3) is 0 Å². The Morgan fingerprint density at radius 2 is 1.96 bits per heavy atom. The predicted molar refractivity (Wildman–Crippen MR) is 92.1 cm³/mol. The van der Waals surface area contributed by atoms with Crippen molar-refractivity contribution in [3.05, 3.63) is 11.7 Å². The first-order valence-electron chi connectivity index (χ1n) is 8.98. The summed E-state index contributed by atoms with van der Waals surface area (Å²) in [5, 5.41) is 10.6. The lowest BCUT2D eigenvalue weighted by atomic mass is 9.85. The van der Waals surface area contributed by atoms with E-state index in [1.54, 1.807) is 0 Å². The van der Waals surface area contributed by atoms with Gasteiger partial charge in [0.2, 0.25) is 11.8 Å². The molecule has 1 amide bonds. The van der Waals surface area contributed by atoms with E-state index in [-0.39, 0.29) is 18.3 Å². The van der Waals surface area contributed by atoms with Gasteiger partial charge in [-0.15, -0.1) is 12.4 Å². The Hall–Kier alpha value is -1.14. The zero-order valence-electron chi connectivity index (χ0n) is 14.2. The van der Waals surface area contributed by atoms with Crippen LogP contribution in [-0.2, 0) is 4.79 Å².